The highest BCUT2D eigenvalue weighted by molar-refractivity contribution is 7.25. The number of thiophene rings is 1. The van der Waals surface area contributed by atoms with Crippen molar-refractivity contribution in [1.29, 1.82) is 0 Å². The molecule has 13 rings (SSSR count). The summed E-state index contributed by atoms with van der Waals surface area (Å²) in [6, 6.07) is 76.8. The highest BCUT2D eigenvalue weighted by atomic mass is 32.1. The Morgan fingerprint density at radius 2 is 0.742 bits per heavy atom. The van der Waals surface area contributed by atoms with Gasteiger partial charge in [-0.2, -0.15) is 0 Å². The van der Waals surface area contributed by atoms with Gasteiger partial charge in [0.1, 0.15) is 0 Å². The first-order valence-electron chi connectivity index (χ1n) is 21.1. The molecule has 2 aliphatic carbocycles. The minimum Gasteiger partial charge on any atom is -0.208 e. The minimum atomic E-state index is -0.383. The van der Waals surface area contributed by atoms with Crippen LogP contribution >= 0.6 is 11.3 Å². The van der Waals surface area contributed by atoms with Crippen LogP contribution in [0.4, 0.5) is 0 Å². The van der Waals surface area contributed by atoms with Gasteiger partial charge in [0.25, 0.3) is 0 Å². The number of fused-ring (bicyclic) bond motifs is 13. The predicted octanol–water partition coefficient (Wildman–Crippen LogP) is 14.9. The lowest BCUT2D eigenvalue weighted by atomic mass is 9.70. The number of hydrogen-bond acceptors (Lipinski definition) is 4. The van der Waals surface area contributed by atoms with Crippen LogP contribution in [0.2, 0.25) is 0 Å². The van der Waals surface area contributed by atoms with E-state index in [4.69, 9.17) is 15.0 Å². The van der Waals surface area contributed by atoms with Crippen molar-refractivity contribution in [2.24, 2.45) is 0 Å². The quantitative estimate of drug-likeness (QED) is 0.174. The van der Waals surface area contributed by atoms with Crippen LogP contribution < -0.4 is 0 Å². The Hall–Kier alpha value is -7.79. The zero-order valence-corrected chi connectivity index (χ0v) is 34.3. The Kier molecular flexibility index (Phi) is 7.69. The van der Waals surface area contributed by atoms with Crippen molar-refractivity contribution in [1.82, 2.24) is 15.0 Å². The molecule has 0 aliphatic heterocycles. The lowest BCUT2D eigenvalue weighted by molar-refractivity contribution is 0.794. The topological polar surface area (TPSA) is 38.7 Å². The van der Waals surface area contributed by atoms with Gasteiger partial charge in [-0.1, -0.05) is 188 Å². The van der Waals surface area contributed by atoms with E-state index in [2.05, 4.69) is 194 Å². The molecular weight excluding hydrogens is 771 g/mol. The van der Waals surface area contributed by atoms with E-state index in [9.17, 15) is 0 Å². The van der Waals surface area contributed by atoms with Gasteiger partial charge in [0.2, 0.25) is 0 Å². The standard InChI is InChI=1S/C58H35N3S/c1-2-14-37(15-3-1)55-59-56(38-28-26-36(27-29-38)39-31-33-54-48(34-39)45-20-9-13-25-53(45)62-54)61-57(60-55)46-21-5-4-16-41(46)40-30-32-52-47(35-40)44-19-8-12-24-51(44)58(52)49-22-10-6-17-42(49)43-18-7-11-23-50(43)58/h1-35H. The van der Waals surface area contributed by atoms with E-state index < -0.39 is 0 Å². The summed E-state index contributed by atoms with van der Waals surface area (Å²) in [7, 11) is 0. The van der Waals surface area contributed by atoms with Crippen molar-refractivity contribution in [2.45, 2.75) is 5.41 Å². The Morgan fingerprint density at radius 3 is 1.44 bits per heavy atom. The molecule has 11 aromatic rings. The third-order valence-electron chi connectivity index (χ3n) is 13.0. The molecule has 0 radical (unpaired) electrons. The van der Waals surface area contributed by atoms with E-state index in [1.807, 2.05) is 29.5 Å². The summed E-state index contributed by atoms with van der Waals surface area (Å²) in [5, 5.41) is 2.60. The molecule has 9 aromatic carbocycles. The predicted molar refractivity (Wildman–Crippen MR) is 256 cm³/mol. The van der Waals surface area contributed by atoms with Crippen LogP contribution in [-0.2, 0) is 5.41 Å². The van der Waals surface area contributed by atoms with Gasteiger partial charge in [0.05, 0.1) is 5.41 Å². The maximum Gasteiger partial charge on any atom is 0.164 e. The molecule has 0 N–H and O–H groups in total. The van der Waals surface area contributed by atoms with Crippen molar-refractivity contribution in [3.05, 3.63) is 235 Å². The van der Waals surface area contributed by atoms with Gasteiger partial charge < -0.3 is 0 Å². The summed E-state index contributed by atoms with van der Waals surface area (Å²) in [6.45, 7) is 0. The monoisotopic (exact) mass is 805 g/mol. The van der Waals surface area contributed by atoms with Crippen LogP contribution in [0, 0.1) is 0 Å². The van der Waals surface area contributed by atoms with E-state index in [-0.39, 0.29) is 5.41 Å². The number of aromatic nitrogens is 3. The van der Waals surface area contributed by atoms with Crippen LogP contribution in [0.15, 0.2) is 212 Å². The van der Waals surface area contributed by atoms with Crippen LogP contribution in [-0.4, -0.2) is 15.0 Å². The Bertz CT molecular complexity index is 3540. The summed E-state index contributed by atoms with van der Waals surface area (Å²) in [4.78, 5) is 15.5. The third-order valence-corrected chi connectivity index (χ3v) is 14.1. The molecule has 4 heteroatoms. The van der Waals surface area contributed by atoms with Gasteiger partial charge in [0.15, 0.2) is 17.5 Å². The molecular formula is C58H35N3S. The number of benzene rings is 9. The normalized spacial score (nSPS) is 13.0. The molecule has 2 aliphatic rings. The lowest BCUT2D eigenvalue weighted by Crippen LogP contribution is -2.25. The highest BCUT2D eigenvalue weighted by Crippen LogP contribution is 2.63. The van der Waals surface area contributed by atoms with Crippen molar-refractivity contribution in [3.8, 4) is 78.7 Å². The van der Waals surface area contributed by atoms with Crippen LogP contribution in [0.25, 0.3) is 98.8 Å². The summed E-state index contributed by atoms with van der Waals surface area (Å²) in [5.74, 6) is 1.92. The summed E-state index contributed by atoms with van der Waals surface area (Å²) >= 11 is 1.84. The van der Waals surface area contributed by atoms with Crippen LogP contribution in [0.1, 0.15) is 22.3 Å². The molecule has 1 spiro atoms. The Morgan fingerprint density at radius 1 is 0.274 bits per heavy atom. The van der Waals surface area contributed by atoms with Gasteiger partial charge in [0, 0.05) is 36.9 Å². The maximum atomic E-state index is 5.25. The molecule has 3 nitrogen and oxygen atoms in total. The zero-order chi connectivity index (χ0) is 40.8. The van der Waals surface area contributed by atoms with Crippen molar-refractivity contribution < 1.29 is 0 Å². The number of rotatable bonds is 5. The van der Waals surface area contributed by atoms with E-state index in [1.165, 1.54) is 70.2 Å². The molecule has 0 atom stereocenters. The van der Waals surface area contributed by atoms with Crippen molar-refractivity contribution >= 4 is 31.5 Å². The molecule has 0 saturated carbocycles. The molecule has 2 heterocycles. The molecule has 0 saturated heterocycles. The van der Waals surface area contributed by atoms with Crippen molar-refractivity contribution in [2.75, 3.05) is 0 Å². The molecule has 2 aromatic heterocycles. The van der Waals surface area contributed by atoms with E-state index >= 15 is 0 Å². The SMILES string of the molecule is c1ccc(-c2nc(-c3ccc(-c4ccc5sc6ccccc6c5c4)cc3)nc(-c3ccccc3-c3ccc4c(c3)-c3ccccc3C43c4ccccc4-c4ccccc43)n2)cc1. The van der Waals surface area contributed by atoms with Gasteiger partial charge >= 0.3 is 0 Å². The summed E-state index contributed by atoms with van der Waals surface area (Å²) in [5.41, 5.74) is 17.5. The second kappa shape index (κ2) is 13.6. The van der Waals surface area contributed by atoms with Crippen LogP contribution in [0.3, 0.4) is 0 Å². The van der Waals surface area contributed by atoms with Gasteiger partial charge in [-0.05, 0) is 91.0 Å². The average molecular weight is 806 g/mol. The minimum absolute atomic E-state index is 0.383. The fourth-order valence-electron chi connectivity index (χ4n) is 10.3. The average Bonchev–Trinajstić information content (AvgIpc) is 3.98. The molecule has 0 amide bonds. The Labute approximate surface area is 363 Å². The number of hydrogen-bond donors (Lipinski definition) is 0. The maximum absolute atomic E-state index is 5.25. The lowest BCUT2D eigenvalue weighted by Gasteiger charge is -2.30. The first-order valence-corrected chi connectivity index (χ1v) is 21.9. The smallest absolute Gasteiger partial charge is 0.164 e. The largest absolute Gasteiger partial charge is 0.208 e. The third kappa shape index (κ3) is 5.14. The fourth-order valence-corrected chi connectivity index (χ4v) is 11.3. The molecule has 62 heavy (non-hydrogen) atoms. The molecule has 0 unspecified atom stereocenters. The number of nitrogens with zero attached hydrogens (tertiary/aromatic N) is 3. The second-order valence-corrected chi connectivity index (χ2v) is 17.3. The molecule has 288 valence electrons. The van der Waals surface area contributed by atoms with E-state index in [1.54, 1.807) is 0 Å². The van der Waals surface area contributed by atoms with E-state index in [0.29, 0.717) is 17.5 Å². The second-order valence-electron chi connectivity index (χ2n) is 16.3. The zero-order valence-electron chi connectivity index (χ0n) is 33.5. The fraction of sp³-hybridized carbons (Fsp3) is 0.0172. The highest BCUT2D eigenvalue weighted by Gasteiger charge is 2.51. The van der Waals surface area contributed by atoms with Crippen LogP contribution in [0.5, 0.6) is 0 Å². The Balaban J connectivity index is 0.937. The molecule has 0 fully saturated rings. The van der Waals surface area contributed by atoms with Crippen molar-refractivity contribution in [3.63, 3.8) is 0 Å². The van der Waals surface area contributed by atoms with Gasteiger partial charge in [-0.25, -0.2) is 15.0 Å². The van der Waals surface area contributed by atoms with E-state index in [0.717, 1.165) is 33.4 Å². The van der Waals surface area contributed by atoms with Gasteiger partial charge in [-0.3, -0.25) is 0 Å². The molecule has 0 bridgehead atoms. The summed E-state index contributed by atoms with van der Waals surface area (Å²) < 4.78 is 2.62. The first kappa shape index (κ1) is 35.0. The first-order chi connectivity index (χ1) is 30.7. The summed E-state index contributed by atoms with van der Waals surface area (Å²) in [6.07, 6.45) is 0. The van der Waals surface area contributed by atoms with Gasteiger partial charge in [-0.15, -0.1) is 11.3 Å².